The van der Waals surface area contributed by atoms with E-state index in [2.05, 4.69) is 0 Å². The van der Waals surface area contributed by atoms with E-state index in [0.717, 1.165) is 0 Å². The molecule has 6 nitrogen and oxygen atoms in total. The number of nitrogens with zero attached hydrogens (tertiary/aromatic N) is 2. The zero-order chi connectivity index (χ0) is 23.5. The molecule has 2 bridgehead atoms. The first-order chi connectivity index (χ1) is 16.4. The SMILES string of the molecule is O=C1C2C3C=CC(C2C(=O)N1c1ccccc1Cl)C1C2C(=O)N(c4ccccc4Cl)C(=O)C2C31. The molecule has 8 unspecified atom stereocenters. The second-order valence-corrected chi connectivity index (χ2v) is 10.5. The summed E-state index contributed by atoms with van der Waals surface area (Å²) in [6.07, 6.45) is 3.97. The minimum atomic E-state index is -0.543. The molecule has 2 aromatic carbocycles. The van der Waals surface area contributed by atoms with Gasteiger partial charge in [0.05, 0.1) is 45.1 Å². The van der Waals surface area contributed by atoms with Gasteiger partial charge >= 0.3 is 0 Å². The molecule has 4 fully saturated rings. The fourth-order valence-corrected chi connectivity index (χ4v) is 7.78. The molecule has 8 atom stereocenters. The van der Waals surface area contributed by atoms with Gasteiger partial charge in [-0.1, -0.05) is 59.6 Å². The van der Waals surface area contributed by atoms with Crippen LogP contribution in [0.25, 0.3) is 0 Å². The number of hydrogen-bond acceptors (Lipinski definition) is 4. The fourth-order valence-electron chi connectivity index (χ4n) is 7.34. The van der Waals surface area contributed by atoms with Crippen molar-refractivity contribution >= 4 is 58.2 Å². The van der Waals surface area contributed by atoms with Crippen molar-refractivity contribution in [2.45, 2.75) is 0 Å². The summed E-state index contributed by atoms with van der Waals surface area (Å²) >= 11 is 12.6. The van der Waals surface area contributed by atoms with Crippen LogP contribution in [0.5, 0.6) is 0 Å². The second-order valence-electron chi connectivity index (χ2n) is 9.72. The van der Waals surface area contributed by atoms with Gasteiger partial charge in [0.15, 0.2) is 0 Å². The molecule has 0 spiro atoms. The summed E-state index contributed by atoms with van der Waals surface area (Å²) in [5.74, 6) is -3.98. The average Bonchev–Trinajstić information content (AvgIpc) is 3.19. The third kappa shape index (κ3) is 2.28. The Balaban J connectivity index is 1.27. The zero-order valence-electron chi connectivity index (χ0n) is 17.7. The number of fused-ring (bicyclic) bond motifs is 1. The van der Waals surface area contributed by atoms with Gasteiger partial charge in [-0.2, -0.15) is 0 Å². The van der Waals surface area contributed by atoms with Crippen molar-refractivity contribution in [3.8, 4) is 0 Å². The predicted molar refractivity (Wildman–Crippen MR) is 125 cm³/mol. The maximum Gasteiger partial charge on any atom is 0.238 e. The van der Waals surface area contributed by atoms with Crippen LogP contribution in [0.2, 0.25) is 10.0 Å². The number of carbonyl (C=O) groups excluding carboxylic acids is 4. The average molecular weight is 493 g/mol. The van der Waals surface area contributed by atoms with Crippen LogP contribution in [0.1, 0.15) is 0 Å². The van der Waals surface area contributed by atoms with E-state index in [9.17, 15) is 19.2 Å². The molecule has 2 saturated carbocycles. The molecule has 6 aliphatic rings. The Hall–Kier alpha value is -2.96. The lowest BCUT2D eigenvalue weighted by molar-refractivity contribution is -0.166. The van der Waals surface area contributed by atoms with E-state index in [-0.39, 0.29) is 47.3 Å². The summed E-state index contributed by atoms with van der Waals surface area (Å²) in [6.45, 7) is 0. The van der Waals surface area contributed by atoms with E-state index < -0.39 is 23.7 Å². The van der Waals surface area contributed by atoms with Crippen LogP contribution in [-0.4, -0.2) is 23.6 Å². The minimum absolute atomic E-state index is 0.145. The van der Waals surface area contributed by atoms with Gasteiger partial charge in [0.1, 0.15) is 0 Å². The number of amides is 4. The zero-order valence-corrected chi connectivity index (χ0v) is 19.2. The molecule has 2 saturated heterocycles. The molecular formula is C26H18Cl2N2O4. The third-order valence-electron chi connectivity index (χ3n) is 8.53. The van der Waals surface area contributed by atoms with Crippen molar-refractivity contribution in [3.63, 3.8) is 0 Å². The molecule has 170 valence electrons. The first-order valence-electron chi connectivity index (χ1n) is 11.3. The second kappa shape index (κ2) is 6.80. The summed E-state index contributed by atoms with van der Waals surface area (Å²) in [6, 6.07) is 13.6. The molecule has 0 radical (unpaired) electrons. The van der Waals surface area contributed by atoms with Crippen LogP contribution in [0, 0.1) is 47.3 Å². The van der Waals surface area contributed by atoms with Gasteiger partial charge in [-0.05, 0) is 47.9 Å². The molecule has 34 heavy (non-hydrogen) atoms. The summed E-state index contributed by atoms with van der Waals surface area (Å²) in [5, 5.41) is 0.677. The number of rotatable bonds is 2. The number of carbonyl (C=O) groups is 4. The smallest absolute Gasteiger partial charge is 0.238 e. The highest BCUT2D eigenvalue weighted by atomic mass is 35.5. The molecular weight excluding hydrogens is 475 g/mol. The lowest BCUT2D eigenvalue weighted by atomic mass is 9.40. The summed E-state index contributed by atoms with van der Waals surface area (Å²) in [7, 11) is 0. The highest BCUT2D eigenvalue weighted by molar-refractivity contribution is 6.37. The first-order valence-corrected chi connectivity index (χ1v) is 12.1. The molecule has 0 N–H and O–H groups in total. The number of halogens is 2. The van der Waals surface area contributed by atoms with Crippen LogP contribution < -0.4 is 9.80 Å². The number of anilines is 2. The Morgan fingerprint density at radius 2 is 0.882 bits per heavy atom. The number of hydrogen-bond donors (Lipinski definition) is 0. The van der Waals surface area contributed by atoms with Crippen molar-refractivity contribution in [2.75, 3.05) is 9.80 Å². The van der Waals surface area contributed by atoms with Crippen molar-refractivity contribution < 1.29 is 19.2 Å². The standard InChI is InChI=1S/C26H18Cl2N2O4/c27-13-5-1-3-7-15(13)29-23(31)19-11-9-10-12(20(19)24(29)32)18-17(11)21-22(18)26(34)30(25(21)33)16-8-4-2-6-14(16)28/h1-12,17-22H. The van der Waals surface area contributed by atoms with E-state index in [1.165, 1.54) is 9.80 Å². The number of allylic oxidation sites excluding steroid dienone is 2. The van der Waals surface area contributed by atoms with Gasteiger partial charge in [0, 0.05) is 0 Å². The normalized spacial score (nSPS) is 37.1. The topological polar surface area (TPSA) is 74.8 Å². The van der Waals surface area contributed by atoms with Crippen molar-refractivity contribution in [1.29, 1.82) is 0 Å². The molecule has 0 aromatic heterocycles. The van der Waals surface area contributed by atoms with Crippen LogP contribution in [0.15, 0.2) is 60.7 Å². The lowest BCUT2D eigenvalue weighted by Gasteiger charge is -2.60. The Morgan fingerprint density at radius 1 is 0.529 bits per heavy atom. The highest BCUT2D eigenvalue weighted by Gasteiger charge is 2.75. The Bertz CT molecular complexity index is 1300. The maximum atomic E-state index is 13.6. The first kappa shape index (κ1) is 20.4. The number of para-hydroxylation sites is 2. The summed E-state index contributed by atoms with van der Waals surface area (Å²) in [4.78, 5) is 56.5. The van der Waals surface area contributed by atoms with E-state index in [1.54, 1.807) is 48.5 Å². The van der Waals surface area contributed by atoms with E-state index >= 15 is 0 Å². The molecule has 2 aliphatic heterocycles. The van der Waals surface area contributed by atoms with Gasteiger partial charge in [-0.15, -0.1) is 0 Å². The molecule has 4 aliphatic carbocycles. The monoisotopic (exact) mass is 492 g/mol. The van der Waals surface area contributed by atoms with Crippen LogP contribution in [0.4, 0.5) is 11.4 Å². The molecule has 4 amide bonds. The van der Waals surface area contributed by atoms with Gasteiger partial charge < -0.3 is 0 Å². The Labute approximate surface area is 205 Å². The van der Waals surface area contributed by atoms with Gasteiger partial charge in [-0.3, -0.25) is 19.2 Å². The Morgan fingerprint density at radius 3 is 1.26 bits per heavy atom. The number of benzene rings is 2. The van der Waals surface area contributed by atoms with Crippen LogP contribution in [0.3, 0.4) is 0 Å². The summed E-state index contributed by atoms with van der Waals surface area (Å²) < 4.78 is 0. The molecule has 2 aromatic rings. The van der Waals surface area contributed by atoms with E-state index in [1.807, 2.05) is 12.2 Å². The Kier molecular flexibility index (Phi) is 4.08. The van der Waals surface area contributed by atoms with Crippen molar-refractivity contribution in [3.05, 3.63) is 70.7 Å². The van der Waals surface area contributed by atoms with Crippen molar-refractivity contribution in [1.82, 2.24) is 0 Å². The van der Waals surface area contributed by atoms with Crippen LogP contribution in [-0.2, 0) is 19.2 Å². The maximum absolute atomic E-state index is 13.6. The summed E-state index contributed by atoms with van der Waals surface area (Å²) in [5.41, 5.74) is 0.778. The lowest BCUT2D eigenvalue weighted by Crippen LogP contribution is -2.63. The quantitative estimate of drug-likeness (QED) is 0.469. The minimum Gasteiger partial charge on any atom is -0.274 e. The van der Waals surface area contributed by atoms with Gasteiger partial charge in [0.25, 0.3) is 0 Å². The predicted octanol–water partition coefficient (Wildman–Crippen LogP) is 3.97. The van der Waals surface area contributed by atoms with Crippen molar-refractivity contribution in [2.24, 2.45) is 47.3 Å². The molecule has 8 heteroatoms. The molecule has 2 heterocycles. The highest BCUT2D eigenvalue weighted by Crippen LogP contribution is 2.68. The van der Waals surface area contributed by atoms with E-state index in [0.29, 0.717) is 21.4 Å². The van der Waals surface area contributed by atoms with Crippen LogP contribution >= 0.6 is 23.2 Å². The number of imide groups is 2. The van der Waals surface area contributed by atoms with E-state index in [4.69, 9.17) is 23.2 Å². The van der Waals surface area contributed by atoms with Gasteiger partial charge in [0.2, 0.25) is 23.6 Å². The van der Waals surface area contributed by atoms with Gasteiger partial charge in [-0.25, -0.2) is 9.80 Å². The third-order valence-corrected chi connectivity index (χ3v) is 9.17. The molecule has 8 rings (SSSR count). The fraction of sp³-hybridized carbons (Fsp3) is 0.308. The largest absolute Gasteiger partial charge is 0.274 e.